The van der Waals surface area contributed by atoms with E-state index in [1.807, 2.05) is 35.9 Å². The highest BCUT2D eigenvalue weighted by atomic mass is 35.5. The number of anilines is 2. The number of aromatic nitrogens is 2. The van der Waals surface area contributed by atoms with Gasteiger partial charge < -0.3 is 15.1 Å². The van der Waals surface area contributed by atoms with Gasteiger partial charge in [0.1, 0.15) is 10.6 Å². The molecule has 0 saturated carbocycles. The minimum atomic E-state index is -0.266. The summed E-state index contributed by atoms with van der Waals surface area (Å²) in [5.41, 5.74) is 3.49. The van der Waals surface area contributed by atoms with E-state index in [4.69, 9.17) is 11.6 Å². The van der Waals surface area contributed by atoms with Gasteiger partial charge in [-0.2, -0.15) is 5.10 Å². The van der Waals surface area contributed by atoms with E-state index in [2.05, 4.69) is 27.3 Å². The molecule has 3 heterocycles. The molecule has 0 radical (unpaired) electrons. The lowest BCUT2D eigenvalue weighted by molar-refractivity contribution is 0.103. The summed E-state index contributed by atoms with van der Waals surface area (Å²) in [4.78, 5) is 19.3. The smallest absolute Gasteiger partial charge is 0.265 e. The Bertz CT molecular complexity index is 1340. The topological polar surface area (TPSA) is 53.4 Å². The summed E-state index contributed by atoms with van der Waals surface area (Å²) in [5.74, 6) is -0.441. The largest absolute Gasteiger partial charge is 0.367 e. The standard InChI is InChI=1S/C25H25ClFN5OS/c1-16-20-14-23(34-25(20)32(29-16)15-17-3-6-19(27)7-4-17)24(33)28-21-13-18(26)5-8-22(21)31-11-9-30(2)10-12-31/h3-8,13-14H,9-12,15H2,1-2H3,(H,28,33). The Labute approximate surface area is 206 Å². The first kappa shape index (κ1) is 22.8. The number of rotatable bonds is 5. The molecule has 0 unspecified atom stereocenters. The predicted molar refractivity (Wildman–Crippen MR) is 137 cm³/mol. The average Bonchev–Trinajstić information content (AvgIpc) is 3.38. The van der Waals surface area contributed by atoms with E-state index in [1.165, 1.54) is 23.5 Å². The molecular weight excluding hydrogens is 473 g/mol. The second kappa shape index (κ2) is 9.37. The number of amides is 1. The number of likely N-dealkylation sites (N-methyl/N-ethyl adjacent to an activating group) is 1. The van der Waals surface area contributed by atoms with Gasteiger partial charge in [0.15, 0.2) is 0 Å². The van der Waals surface area contributed by atoms with E-state index in [9.17, 15) is 9.18 Å². The van der Waals surface area contributed by atoms with E-state index >= 15 is 0 Å². The van der Waals surface area contributed by atoms with Crippen LogP contribution in [-0.4, -0.2) is 53.8 Å². The zero-order valence-corrected chi connectivity index (χ0v) is 20.6. The Hall–Kier alpha value is -2.94. The van der Waals surface area contributed by atoms with Crippen LogP contribution in [0.15, 0.2) is 48.5 Å². The van der Waals surface area contributed by atoms with Gasteiger partial charge in [-0.1, -0.05) is 23.7 Å². The molecule has 1 fully saturated rings. The van der Waals surface area contributed by atoms with Crippen LogP contribution in [-0.2, 0) is 6.54 Å². The Kier molecular flexibility index (Phi) is 6.29. The number of carbonyl (C=O) groups is 1. The lowest BCUT2D eigenvalue weighted by Gasteiger charge is -2.35. The van der Waals surface area contributed by atoms with Crippen molar-refractivity contribution in [3.05, 3.63) is 75.5 Å². The van der Waals surface area contributed by atoms with E-state index in [0.717, 1.165) is 53.3 Å². The van der Waals surface area contributed by atoms with Gasteiger partial charge in [-0.15, -0.1) is 11.3 Å². The van der Waals surface area contributed by atoms with Crippen LogP contribution in [0.2, 0.25) is 5.02 Å². The Balaban J connectivity index is 1.40. The molecule has 176 valence electrons. The third-order valence-electron chi connectivity index (χ3n) is 6.13. The normalized spacial score (nSPS) is 14.6. The SMILES string of the molecule is Cc1nn(Cc2ccc(F)cc2)c2sc(C(=O)Nc3cc(Cl)ccc3N3CCN(C)CC3)cc12. The third kappa shape index (κ3) is 4.66. The number of carbonyl (C=O) groups excluding carboxylic acids is 1. The molecule has 1 N–H and O–H groups in total. The van der Waals surface area contributed by atoms with Crippen LogP contribution in [0.5, 0.6) is 0 Å². The van der Waals surface area contributed by atoms with E-state index in [1.54, 1.807) is 12.1 Å². The van der Waals surface area contributed by atoms with Crippen LogP contribution in [0.25, 0.3) is 10.2 Å². The van der Waals surface area contributed by atoms with Gasteiger partial charge in [0.25, 0.3) is 5.91 Å². The highest BCUT2D eigenvalue weighted by molar-refractivity contribution is 7.20. The second-order valence-electron chi connectivity index (χ2n) is 8.60. The average molecular weight is 498 g/mol. The van der Waals surface area contributed by atoms with E-state index in [0.29, 0.717) is 22.1 Å². The summed E-state index contributed by atoms with van der Waals surface area (Å²) in [6.07, 6.45) is 0. The molecule has 5 rings (SSSR count). The maximum Gasteiger partial charge on any atom is 0.265 e. The van der Waals surface area contributed by atoms with Crippen LogP contribution in [0.1, 0.15) is 20.9 Å². The van der Waals surface area contributed by atoms with Gasteiger partial charge in [-0.05, 0) is 55.9 Å². The van der Waals surface area contributed by atoms with Gasteiger partial charge in [-0.3, -0.25) is 9.48 Å². The molecule has 9 heteroatoms. The van der Waals surface area contributed by atoms with Crippen LogP contribution in [0.4, 0.5) is 15.8 Å². The minimum absolute atomic E-state index is 0.174. The first-order chi connectivity index (χ1) is 16.4. The maximum absolute atomic E-state index is 13.3. The molecule has 0 aliphatic carbocycles. The molecule has 4 aromatic rings. The first-order valence-corrected chi connectivity index (χ1v) is 12.3. The number of benzene rings is 2. The van der Waals surface area contributed by atoms with Crippen molar-refractivity contribution >= 4 is 50.4 Å². The molecule has 34 heavy (non-hydrogen) atoms. The monoisotopic (exact) mass is 497 g/mol. The van der Waals surface area contributed by atoms with Gasteiger partial charge >= 0.3 is 0 Å². The molecule has 6 nitrogen and oxygen atoms in total. The van der Waals surface area contributed by atoms with Crippen LogP contribution in [0, 0.1) is 12.7 Å². The van der Waals surface area contributed by atoms with Crippen molar-refractivity contribution in [2.45, 2.75) is 13.5 Å². The number of halogens is 2. The van der Waals surface area contributed by atoms with Crippen molar-refractivity contribution in [3.63, 3.8) is 0 Å². The highest BCUT2D eigenvalue weighted by Gasteiger charge is 2.21. The number of fused-ring (bicyclic) bond motifs is 1. The van der Waals surface area contributed by atoms with Gasteiger partial charge in [0.2, 0.25) is 0 Å². The molecule has 0 bridgehead atoms. The van der Waals surface area contributed by atoms with Gasteiger partial charge in [-0.25, -0.2) is 4.39 Å². The van der Waals surface area contributed by atoms with Crippen LogP contribution in [0.3, 0.4) is 0 Å². The minimum Gasteiger partial charge on any atom is -0.367 e. The van der Waals surface area contributed by atoms with Gasteiger partial charge in [0, 0.05) is 36.6 Å². The zero-order chi connectivity index (χ0) is 23.8. The number of hydrogen-bond donors (Lipinski definition) is 1. The molecule has 1 saturated heterocycles. The van der Waals surface area contributed by atoms with Crippen molar-refractivity contribution in [1.29, 1.82) is 0 Å². The van der Waals surface area contributed by atoms with Crippen molar-refractivity contribution in [2.75, 3.05) is 43.4 Å². The maximum atomic E-state index is 13.3. The molecule has 1 amide bonds. The predicted octanol–water partition coefficient (Wildman–Crippen LogP) is 5.25. The number of hydrogen-bond acceptors (Lipinski definition) is 5. The molecule has 1 aliphatic rings. The van der Waals surface area contributed by atoms with Crippen molar-refractivity contribution in [3.8, 4) is 0 Å². The van der Waals surface area contributed by atoms with Gasteiger partial charge in [0.05, 0.1) is 28.5 Å². The van der Waals surface area contributed by atoms with E-state index in [-0.39, 0.29) is 11.7 Å². The summed E-state index contributed by atoms with van der Waals surface area (Å²) in [6.45, 7) is 6.16. The molecule has 1 aliphatic heterocycles. The number of thiophene rings is 1. The second-order valence-corrected chi connectivity index (χ2v) is 10.1. The van der Waals surface area contributed by atoms with Crippen molar-refractivity contribution in [1.82, 2.24) is 14.7 Å². The number of nitrogens with one attached hydrogen (secondary N) is 1. The Morgan fingerprint density at radius 2 is 1.85 bits per heavy atom. The number of piperazine rings is 1. The Morgan fingerprint density at radius 3 is 2.59 bits per heavy atom. The van der Waals surface area contributed by atoms with E-state index < -0.39 is 0 Å². The summed E-state index contributed by atoms with van der Waals surface area (Å²) < 4.78 is 15.1. The van der Waals surface area contributed by atoms with Crippen molar-refractivity contribution < 1.29 is 9.18 Å². The number of aryl methyl sites for hydroxylation is 1. The van der Waals surface area contributed by atoms with Crippen molar-refractivity contribution in [2.24, 2.45) is 0 Å². The van der Waals surface area contributed by atoms with Crippen LogP contribution >= 0.6 is 22.9 Å². The number of nitrogens with zero attached hydrogens (tertiary/aromatic N) is 4. The quantitative estimate of drug-likeness (QED) is 0.409. The molecule has 2 aromatic heterocycles. The van der Waals surface area contributed by atoms with Crippen LogP contribution < -0.4 is 10.2 Å². The third-order valence-corrected chi connectivity index (χ3v) is 7.51. The lowest BCUT2D eigenvalue weighted by atomic mass is 10.2. The Morgan fingerprint density at radius 1 is 1.12 bits per heavy atom. The molecular formula is C25H25ClFN5OS. The zero-order valence-electron chi connectivity index (χ0n) is 19.0. The summed E-state index contributed by atoms with van der Waals surface area (Å²) in [6, 6.07) is 13.9. The highest BCUT2D eigenvalue weighted by Crippen LogP contribution is 2.33. The summed E-state index contributed by atoms with van der Waals surface area (Å²) >= 11 is 7.67. The fourth-order valence-corrected chi connectivity index (χ4v) is 5.44. The molecule has 0 spiro atoms. The summed E-state index contributed by atoms with van der Waals surface area (Å²) in [5, 5.41) is 9.23. The summed E-state index contributed by atoms with van der Waals surface area (Å²) in [7, 11) is 2.11. The fourth-order valence-electron chi connectivity index (χ4n) is 4.21. The first-order valence-electron chi connectivity index (χ1n) is 11.1. The molecule has 0 atom stereocenters. The fraction of sp³-hybridized carbons (Fsp3) is 0.280. The lowest BCUT2D eigenvalue weighted by Crippen LogP contribution is -2.44. The molecule has 2 aromatic carbocycles.